The Morgan fingerprint density at radius 2 is 1.69 bits per heavy atom. The van der Waals surface area contributed by atoms with Gasteiger partial charge in [-0.3, -0.25) is 0 Å². The van der Waals surface area contributed by atoms with E-state index in [1.54, 1.807) is 0 Å². The van der Waals surface area contributed by atoms with Gasteiger partial charge in [0.05, 0.1) is 6.10 Å². The summed E-state index contributed by atoms with van der Waals surface area (Å²) in [4.78, 5) is 2.58. The second-order valence-corrected chi connectivity index (χ2v) is 4.83. The molecule has 0 saturated carbocycles. The molecule has 0 aromatic carbocycles. The second-order valence-electron chi connectivity index (χ2n) is 4.83. The normalized spacial score (nSPS) is 19.1. The van der Waals surface area contributed by atoms with E-state index in [9.17, 15) is 0 Å². The van der Waals surface area contributed by atoms with E-state index in [2.05, 4.69) is 4.90 Å². The first kappa shape index (κ1) is 13.9. The number of hydrogen-bond acceptors (Lipinski definition) is 3. The second kappa shape index (κ2) is 8.97. The van der Waals surface area contributed by atoms with Crippen LogP contribution in [0.5, 0.6) is 0 Å². The fourth-order valence-electron chi connectivity index (χ4n) is 2.38. The average Bonchev–Trinajstić information content (AvgIpc) is 2.34. The summed E-state index contributed by atoms with van der Waals surface area (Å²) in [6, 6.07) is 0. The summed E-state index contributed by atoms with van der Waals surface area (Å²) in [6.45, 7) is 4.58. The number of piperidine rings is 1. The number of likely N-dealkylation sites (tertiary alicyclic amines) is 1. The highest BCUT2D eigenvalue weighted by Gasteiger charge is 2.17. The Morgan fingerprint density at radius 3 is 2.31 bits per heavy atom. The van der Waals surface area contributed by atoms with Gasteiger partial charge in [-0.1, -0.05) is 19.3 Å². The van der Waals surface area contributed by atoms with E-state index < -0.39 is 0 Å². The lowest BCUT2D eigenvalue weighted by Crippen LogP contribution is -2.37. The third-order valence-electron chi connectivity index (χ3n) is 3.55. The fraction of sp³-hybridized carbons (Fsp3) is 1.00. The van der Waals surface area contributed by atoms with Gasteiger partial charge in [0, 0.05) is 20.2 Å². The van der Waals surface area contributed by atoms with Crippen molar-refractivity contribution in [2.24, 2.45) is 5.73 Å². The highest BCUT2D eigenvalue weighted by Crippen LogP contribution is 2.13. The van der Waals surface area contributed by atoms with Gasteiger partial charge in [0.15, 0.2) is 0 Å². The lowest BCUT2D eigenvalue weighted by molar-refractivity contribution is 0.0407. The monoisotopic (exact) mass is 228 g/mol. The van der Waals surface area contributed by atoms with Gasteiger partial charge in [0.1, 0.15) is 0 Å². The van der Waals surface area contributed by atoms with Gasteiger partial charge in [0.25, 0.3) is 0 Å². The van der Waals surface area contributed by atoms with Gasteiger partial charge in [0.2, 0.25) is 0 Å². The van der Waals surface area contributed by atoms with E-state index in [1.807, 2.05) is 7.11 Å². The van der Waals surface area contributed by atoms with Crippen molar-refractivity contribution in [1.82, 2.24) is 4.90 Å². The molecule has 96 valence electrons. The number of unbranched alkanes of at least 4 members (excludes halogenated alkanes) is 4. The van der Waals surface area contributed by atoms with Crippen LogP contribution in [0.3, 0.4) is 0 Å². The van der Waals surface area contributed by atoms with E-state index in [4.69, 9.17) is 10.5 Å². The van der Waals surface area contributed by atoms with Gasteiger partial charge < -0.3 is 15.4 Å². The molecule has 2 N–H and O–H groups in total. The molecule has 1 aliphatic heterocycles. The van der Waals surface area contributed by atoms with Crippen molar-refractivity contribution in [1.29, 1.82) is 0 Å². The molecule has 0 aromatic rings. The summed E-state index contributed by atoms with van der Waals surface area (Å²) in [5.74, 6) is 0. The Bertz CT molecular complexity index is 156. The van der Waals surface area contributed by atoms with Crippen molar-refractivity contribution in [2.45, 2.75) is 51.0 Å². The van der Waals surface area contributed by atoms with Crippen LogP contribution in [0.2, 0.25) is 0 Å². The van der Waals surface area contributed by atoms with Crippen molar-refractivity contribution in [3.8, 4) is 0 Å². The number of methoxy groups -OCH3 is 1. The van der Waals surface area contributed by atoms with E-state index in [0.29, 0.717) is 6.10 Å². The van der Waals surface area contributed by atoms with Gasteiger partial charge >= 0.3 is 0 Å². The Balaban J connectivity index is 1.90. The molecule has 1 aliphatic rings. The Kier molecular flexibility index (Phi) is 7.81. The van der Waals surface area contributed by atoms with E-state index in [1.165, 1.54) is 64.6 Å². The van der Waals surface area contributed by atoms with Crippen LogP contribution in [0.4, 0.5) is 0 Å². The molecule has 3 nitrogen and oxygen atoms in total. The number of ether oxygens (including phenoxy) is 1. The van der Waals surface area contributed by atoms with Crippen LogP contribution in [0.25, 0.3) is 0 Å². The summed E-state index contributed by atoms with van der Waals surface area (Å²) in [6.07, 6.45) is 9.51. The molecule has 16 heavy (non-hydrogen) atoms. The summed E-state index contributed by atoms with van der Waals surface area (Å²) in [5, 5.41) is 0. The van der Waals surface area contributed by atoms with Crippen molar-refractivity contribution in [3.05, 3.63) is 0 Å². The fourth-order valence-corrected chi connectivity index (χ4v) is 2.38. The summed E-state index contributed by atoms with van der Waals surface area (Å²) < 4.78 is 5.37. The van der Waals surface area contributed by atoms with Gasteiger partial charge in [-0.25, -0.2) is 0 Å². The van der Waals surface area contributed by atoms with Crippen LogP contribution in [-0.4, -0.2) is 44.3 Å². The molecule has 0 spiro atoms. The Labute approximate surface area is 100 Å². The summed E-state index contributed by atoms with van der Waals surface area (Å²) in [7, 11) is 1.83. The molecular weight excluding hydrogens is 200 g/mol. The first-order valence-corrected chi connectivity index (χ1v) is 6.82. The molecule has 0 amide bonds. The Morgan fingerprint density at radius 1 is 1.06 bits per heavy atom. The number of rotatable bonds is 8. The topological polar surface area (TPSA) is 38.5 Å². The highest BCUT2D eigenvalue weighted by atomic mass is 16.5. The largest absolute Gasteiger partial charge is 0.381 e. The van der Waals surface area contributed by atoms with Crippen LogP contribution in [-0.2, 0) is 4.74 Å². The molecule has 1 fully saturated rings. The first-order valence-electron chi connectivity index (χ1n) is 6.82. The van der Waals surface area contributed by atoms with Crippen molar-refractivity contribution >= 4 is 0 Å². The highest BCUT2D eigenvalue weighted by molar-refractivity contribution is 4.71. The maximum Gasteiger partial charge on any atom is 0.0595 e. The summed E-state index contributed by atoms with van der Waals surface area (Å²) >= 11 is 0. The van der Waals surface area contributed by atoms with Crippen LogP contribution >= 0.6 is 0 Å². The third-order valence-corrected chi connectivity index (χ3v) is 3.55. The maximum absolute atomic E-state index is 5.47. The molecule has 0 atom stereocenters. The van der Waals surface area contributed by atoms with E-state index in [-0.39, 0.29) is 0 Å². The van der Waals surface area contributed by atoms with Crippen LogP contribution in [0.1, 0.15) is 44.9 Å². The first-order chi connectivity index (χ1) is 7.86. The molecule has 3 heteroatoms. The number of hydrogen-bond donors (Lipinski definition) is 1. The van der Waals surface area contributed by atoms with Crippen molar-refractivity contribution in [2.75, 3.05) is 33.3 Å². The standard InChI is InChI=1S/C13H28N2O/c1-16-13-7-11-15(12-8-13)10-6-4-2-3-5-9-14/h13H,2-12,14H2,1H3. The molecule has 1 rings (SSSR count). The van der Waals surface area contributed by atoms with Gasteiger partial charge in [-0.05, 0) is 38.8 Å². The smallest absolute Gasteiger partial charge is 0.0595 e. The quantitative estimate of drug-likeness (QED) is 0.646. The molecule has 1 saturated heterocycles. The van der Waals surface area contributed by atoms with Crippen LogP contribution in [0, 0.1) is 0 Å². The molecule has 0 bridgehead atoms. The zero-order valence-corrected chi connectivity index (χ0v) is 10.8. The minimum Gasteiger partial charge on any atom is -0.381 e. The molecule has 1 heterocycles. The van der Waals surface area contributed by atoms with Gasteiger partial charge in [-0.15, -0.1) is 0 Å². The predicted molar refractivity (Wildman–Crippen MR) is 68.6 cm³/mol. The lowest BCUT2D eigenvalue weighted by Gasteiger charge is -2.31. The minimum atomic E-state index is 0.515. The Hall–Kier alpha value is -0.120. The van der Waals surface area contributed by atoms with E-state index >= 15 is 0 Å². The summed E-state index contributed by atoms with van der Waals surface area (Å²) in [5.41, 5.74) is 5.47. The number of nitrogens with two attached hydrogens (primary N) is 1. The van der Waals surface area contributed by atoms with E-state index in [0.717, 1.165) is 6.54 Å². The van der Waals surface area contributed by atoms with Crippen LogP contribution < -0.4 is 5.73 Å². The average molecular weight is 228 g/mol. The maximum atomic E-state index is 5.47. The molecule has 0 aliphatic carbocycles. The molecular formula is C13H28N2O. The van der Waals surface area contributed by atoms with Crippen molar-refractivity contribution < 1.29 is 4.74 Å². The van der Waals surface area contributed by atoms with Gasteiger partial charge in [-0.2, -0.15) is 0 Å². The zero-order chi connectivity index (χ0) is 11.6. The minimum absolute atomic E-state index is 0.515. The zero-order valence-electron chi connectivity index (χ0n) is 10.8. The van der Waals surface area contributed by atoms with Crippen LogP contribution in [0.15, 0.2) is 0 Å². The number of nitrogens with zero attached hydrogens (tertiary/aromatic N) is 1. The predicted octanol–water partition coefficient (Wildman–Crippen LogP) is 2.01. The molecule has 0 radical (unpaired) electrons. The third kappa shape index (κ3) is 5.83. The van der Waals surface area contributed by atoms with Crippen molar-refractivity contribution in [3.63, 3.8) is 0 Å². The molecule has 0 unspecified atom stereocenters. The lowest BCUT2D eigenvalue weighted by atomic mass is 10.1. The molecule has 0 aromatic heterocycles. The SMILES string of the molecule is COC1CCN(CCCCCCCN)CC1.